The average molecular weight is 358 g/mol. The van der Waals surface area contributed by atoms with Crippen LogP contribution in [-0.2, 0) is 12.0 Å². The van der Waals surface area contributed by atoms with Crippen molar-refractivity contribution in [2.45, 2.75) is 39.2 Å². The van der Waals surface area contributed by atoms with Gasteiger partial charge in [0.15, 0.2) is 0 Å². The highest BCUT2D eigenvalue weighted by Crippen LogP contribution is 2.24. The van der Waals surface area contributed by atoms with Crippen molar-refractivity contribution in [3.63, 3.8) is 0 Å². The summed E-state index contributed by atoms with van der Waals surface area (Å²) in [4.78, 5) is 17.2. The van der Waals surface area contributed by atoms with E-state index in [9.17, 15) is 9.18 Å². The van der Waals surface area contributed by atoms with Crippen LogP contribution >= 0.6 is 0 Å². The van der Waals surface area contributed by atoms with Crippen molar-refractivity contribution in [3.8, 4) is 0 Å². The predicted molar refractivity (Wildman–Crippen MR) is 99.5 cm³/mol. The minimum atomic E-state index is -0.212. The maximum absolute atomic E-state index is 13.1. The molecule has 3 rings (SSSR count). The normalized spacial score (nSPS) is 16.5. The third kappa shape index (κ3) is 4.30. The van der Waals surface area contributed by atoms with E-state index in [2.05, 4.69) is 35.9 Å². The number of carbonyl (C=O) groups excluding carboxylic acids is 1. The number of benzene rings is 1. The molecule has 0 bridgehead atoms. The number of hydrogen-bond donors (Lipinski definition) is 1. The van der Waals surface area contributed by atoms with Crippen molar-refractivity contribution in [2.75, 3.05) is 26.2 Å². The van der Waals surface area contributed by atoms with E-state index < -0.39 is 0 Å². The number of aromatic nitrogens is 2. The highest BCUT2D eigenvalue weighted by atomic mass is 19.1. The van der Waals surface area contributed by atoms with Crippen LogP contribution in [0.2, 0.25) is 0 Å². The molecule has 1 N–H and O–H groups in total. The van der Waals surface area contributed by atoms with Gasteiger partial charge in [-0.05, 0) is 24.1 Å². The molecule has 2 heterocycles. The Kier molecular flexibility index (Phi) is 5.41. The number of amides is 1. The Balaban J connectivity index is 1.64. The molecule has 0 radical (unpaired) electrons. The first-order valence-corrected chi connectivity index (χ1v) is 9.14. The van der Waals surface area contributed by atoms with E-state index in [1.807, 2.05) is 17.0 Å². The molecule has 0 atom stereocenters. The highest BCUT2D eigenvalue weighted by Gasteiger charge is 2.28. The summed E-state index contributed by atoms with van der Waals surface area (Å²) in [5.74, 6) is -0.163. The van der Waals surface area contributed by atoms with Crippen LogP contribution in [0, 0.1) is 5.82 Å². The molecule has 0 unspecified atom stereocenters. The molecule has 1 aromatic carbocycles. The van der Waals surface area contributed by atoms with E-state index in [-0.39, 0.29) is 17.1 Å². The number of hydrogen-bond acceptors (Lipinski definition) is 3. The number of nitrogens with one attached hydrogen (secondary N) is 1. The minimum Gasteiger partial charge on any atom is -0.337 e. The van der Waals surface area contributed by atoms with Gasteiger partial charge in [-0.3, -0.25) is 14.8 Å². The first-order valence-electron chi connectivity index (χ1n) is 9.14. The van der Waals surface area contributed by atoms with Crippen LogP contribution in [0.15, 0.2) is 30.5 Å². The van der Waals surface area contributed by atoms with Gasteiger partial charge >= 0.3 is 0 Å². The zero-order valence-electron chi connectivity index (χ0n) is 15.8. The number of rotatable bonds is 3. The van der Waals surface area contributed by atoms with Crippen LogP contribution in [-0.4, -0.2) is 52.1 Å². The lowest BCUT2D eigenvalue weighted by molar-refractivity contribution is 0.0758. The van der Waals surface area contributed by atoms with E-state index in [0.29, 0.717) is 12.1 Å². The number of aromatic amines is 1. The van der Waals surface area contributed by atoms with Crippen molar-refractivity contribution < 1.29 is 9.18 Å². The van der Waals surface area contributed by atoms with Crippen LogP contribution in [0.1, 0.15) is 48.8 Å². The summed E-state index contributed by atoms with van der Waals surface area (Å²) in [7, 11) is 0. The van der Waals surface area contributed by atoms with Crippen LogP contribution < -0.4 is 0 Å². The molecule has 6 heteroatoms. The van der Waals surface area contributed by atoms with E-state index in [1.54, 1.807) is 6.20 Å². The Morgan fingerprint density at radius 3 is 2.58 bits per heavy atom. The van der Waals surface area contributed by atoms with Gasteiger partial charge in [0.05, 0.1) is 17.5 Å². The molecule has 26 heavy (non-hydrogen) atoms. The Labute approximate surface area is 154 Å². The van der Waals surface area contributed by atoms with Crippen molar-refractivity contribution in [1.82, 2.24) is 20.0 Å². The average Bonchev–Trinajstić information content (AvgIpc) is 2.98. The fraction of sp³-hybridized carbons (Fsp3) is 0.500. The van der Waals surface area contributed by atoms with Gasteiger partial charge in [-0.1, -0.05) is 32.9 Å². The molecular weight excluding hydrogens is 331 g/mol. The molecule has 1 fully saturated rings. The monoisotopic (exact) mass is 358 g/mol. The summed E-state index contributed by atoms with van der Waals surface area (Å²) >= 11 is 0. The Morgan fingerprint density at radius 2 is 1.88 bits per heavy atom. The fourth-order valence-corrected chi connectivity index (χ4v) is 3.37. The maximum atomic E-state index is 13.1. The second-order valence-electron chi connectivity index (χ2n) is 7.96. The largest absolute Gasteiger partial charge is 0.337 e. The summed E-state index contributed by atoms with van der Waals surface area (Å²) < 4.78 is 13.1. The quantitative estimate of drug-likeness (QED) is 0.917. The summed E-state index contributed by atoms with van der Waals surface area (Å²) in [6.07, 6.45) is 2.57. The van der Waals surface area contributed by atoms with Gasteiger partial charge in [-0.2, -0.15) is 5.10 Å². The molecule has 2 aromatic rings. The molecule has 1 amide bonds. The van der Waals surface area contributed by atoms with E-state index in [1.165, 1.54) is 12.1 Å². The molecule has 140 valence electrons. The lowest BCUT2D eigenvalue weighted by Crippen LogP contribution is -2.36. The van der Waals surface area contributed by atoms with Gasteiger partial charge in [-0.25, -0.2) is 4.39 Å². The van der Waals surface area contributed by atoms with E-state index in [0.717, 1.165) is 43.9 Å². The number of H-pyrrole nitrogens is 1. The number of halogens is 1. The molecule has 1 aromatic heterocycles. The zero-order valence-corrected chi connectivity index (χ0v) is 15.8. The summed E-state index contributed by atoms with van der Waals surface area (Å²) in [6.45, 7) is 10.2. The molecule has 1 aliphatic heterocycles. The third-order valence-corrected chi connectivity index (χ3v) is 4.81. The molecule has 5 nitrogen and oxygen atoms in total. The van der Waals surface area contributed by atoms with E-state index in [4.69, 9.17) is 0 Å². The molecule has 0 saturated carbocycles. The van der Waals surface area contributed by atoms with Crippen molar-refractivity contribution in [1.29, 1.82) is 0 Å². The van der Waals surface area contributed by atoms with Gasteiger partial charge in [0.2, 0.25) is 0 Å². The molecule has 0 spiro atoms. The Hall–Kier alpha value is -2.21. The van der Waals surface area contributed by atoms with Crippen LogP contribution in [0.5, 0.6) is 0 Å². The molecule has 1 aliphatic rings. The van der Waals surface area contributed by atoms with Crippen LogP contribution in [0.4, 0.5) is 4.39 Å². The van der Waals surface area contributed by atoms with Gasteiger partial charge < -0.3 is 4.90 Å². The van der Waals surface area contributed by atoms with Crippen molar-refractivity contribution in [2.24, 2.45) is 0 Å². The Morgan fingerprint density at radius 1 is 1.15 bits per heavy atom. The van der Waals surface area contributed by atoms with Crippen LogP contribution in [0.3, 0.4) is 0 Å². The third-order valence-electron chi connectivity index (χ3n) is 4.81. The number of carbonyl (C=O) groups is 1. The topological polar surface area (TPSA) is 52.2 Å². The van der Waals surface area contributed by atoms with Gasteiger partial charge in [0.25, 0.3) is 5.91 Å². The second kappa shape index (κ2) is 7.58. The fourth-order valence-electron chi connectivity index (χ4n) is 3.37. The predicted octanol–water partition coefficient (Wildman–Crippen LogP) is 3.19. The summed E-state index contributed by atoms with van der Waals surface area (Å²) in [6, 6.07) is 6.64. The zero-order chi connectivity index (χ0) is 18.7. The van der Waals surface area contributed by atoms with Crippen molar-refractivity contribution in [3.05, 3.63) is 53.1 Å². The minimum absolute atomic E-state index is 0.0484. The lowest BCUT2D eigenvalue weighted by Gasteiger charge is -2.24. The van der Waals surface area contributed by atoms with Gasteiger partial charge in [0, 0.05) is 38.1 Å². The Bertz CT molecular complexity index is 748. The summed E-state index contributed by atoms with van der Waals surface area (Å²) in [5, 5.41) is 7.08. The SMILES string of the molecule is CC(C)(C)c1[nH]ncc1C(=O)N1CCCN(Cc2ccc(F)cc2)CC1. The van der Waals surface area contributed by atoms with Crippen molar-refractivity contribution >= 4 is 5.91 Å². The standard InChI is InChI=1S/C20H27FN4O/c1-20(2,3)18-17(13-22-23-18)19(26)25-10-4-9-24(11-12-25)14-15-5-7-16(21)8-6-15/h5-8,13H,4,9-12,14H2,1-3H3,(H,22,23). The van der Waals surface area contributed by atoms with Gasteiger partial charge in [0.1, 0.15) is 5.82 Å². The first-order chi connectivity index (χ1) is 12.3. The van der Waals surface area contributed by atoms with Crippen LogP contribution in [0.25, 0.3) is 0 Å². The lowest BCUT2D eigenvalue weighted by atomic mass is 9.89. The smallest absolute Gasteiger partial charge is 0.257 e. The second-order valence-corrected chi connectivity index (χ2v) is 7.96. The molecule has 1 saturated heterocycles. The first kappa shape index (κ1) is 18.6. The molecule has 0 aliphatic carbocycles. The highest BCUT2D eigenvalue weighted by molar-refractivity contribution is 5.95. The summed E-state index contributed by atoms with van der Waals surface area (Å²) in [5.41, 5.74) is 2.50. The van der Waals surface area contributed by atoms with Gasteiger partial charge in [-0.15, -0.1) is 0 Å². The molecular formula is C20H27FN4O. The van der Waals surface area contributed by atoms with E-state index >= 15 is 0 Å². The maximum Gasteiger partial charge on any atom is 0.257 e. The number of nitrogens with zero attached hydrogens (tertiary/aromatic N) is 3.